The summed E-state index contributed by atoms with van der Waals surface area (Å²) < 4.78 is 0. The van der Waals surface area contributed by atoms with Crippen molar-refractivity contribution < 1.29 is 0 Å². The molecular formula is C15H8N. The minimum Gasteiger partial charge on any atom is -0.192 e. The van der Waals surface area contributed by atoms with Crippen molar-refractivity contribution in [3.8, 4) is 6.07 Å². The van der Waals surface area contributed by atoms with Gasteiger partial charge in [0.05, 0.1) is 11.6 Å². The lowest BCUT2D eigenvalue weighted by Crippen LogP contribution is -1.79. The second-order valence-electron chi connectivity index (χ2n) is 3.77. The zero-order chi connectivity index (χ0) is 11.0. The van der Waals surface area contributed by atoms with Crippen LogP contribution in [0.5, 0.6) is 0 Å². The van der Waals surface area contributed by atoms with Gasteiger partial charge in [0.1, 0.15) is 0 Å². The standard InChI is InChI=1S/C15H8N/c16-10-11-5-6-14-8-12-3-1-2-4-13(12)9-15(14)7-11/h1-7,9H. The third-order valence-corrected chi connectivity index (χ3v) is 2.72. The number of rotatable bonds is 0. The van der Waals surface area contributed by atoms with Crippen LogP contribution in [0.4, 0.5) is 0 Å². The van der Waals surface area contributed by atoms with E-state index in [1.165, 1.54) is 0 Å². The molecule has 0 saturated carbocycles. The number of fused-ring (bicyclic) bond motifs is 2. The lowest BCUT2D eigenvalue weighted by Gasteiger charge is -2.01. The molecule has 0 amide bonds. The predicted octanol–water partition coefficient (Wildman–Crippen LogP) is 3.66. The minimum absolute atomic E-state index is 0.691. The summed E-state index contributed by atoms with van der Waals surface area (Å²) in [6, 6.07) is 21.4. The highest BCUT2D eigenvalue weighted by Crippen LogP contribution is 2.22. The molecule has 16 heavy (non-hydrogen) atoms. The molecule has 0 saturated heterocycles. The fourth-order valence-corrected chi connectivity index (χ4v) is 1.91. The quantitative estimate of drug-likeness (QED) is 0.510. The smallest absolute Gasteiger partial charge is 0.0991 e. The summed E-state index contributed by atoms with van der Waals surface area (Å²) in [5.74, 6) is 0. The van der Waals surface area contributed by atoms with Gasteiger partial charge in [-0.2, -0.15) is 5.26 Å². The molecular weight excluding hydrogens is 194 g/mol. The highest BCUT2D eigenvalue weighted by molar-refractivity contribution is 5.97. The first-order valence-corrected chi connectivity index (χ1v) is 5.12. The summed E-state index contributed by atoms with van der Waals surface area (Å²) in [7, 11) is 0. The number of hydrogen-bond donors (Lipinski definition) is 0. The van der Waals surface area contributed by atoms with Crippen LogP contribution >= 0.6 is 0 Å². The van der Waals surface area contributed by atoms with Gasteiger partial charge in [-0.1, -0.05) is 30.3 Å². The SMILES string of the molecule is N#Cc1ccc2[c]c3ccccc3cc2c1. The van der Waals surface area contributed by atoms with Crippen LogP contribution in [0.25, 0.3) is 21.5 Å². The molecule has 73 valence electrons. The molecule has 0 N–H and O–H groups in total. The lowest BCUT2D eigenvalue weighted by atomic mass is 10.0. The van der Waals surface area contributed by atoms with Crippen LogP contribution in [-0.4, -0.2) is 0 Å². The minimum atomic E-state index is 0.691. The van der Waals surface area contributed by atoms with Gasteiger partial charge >= 0.3 is 0 Å². The monoisotopic (exact) mass is 202 g/mol. The van der Waals surface area contributed by atoms with Gasteiger partial charge < -0.3 is 0 Å². The van der Waals surface area contributed by atoms with E-state index in [1.807, 2.05) is 36.4 Å². The van der Waals surface area contributed by atoms with Crippen LogP contribution in [0.3, 0.4) is 0 Å². The van der Waals surface area contributed by atoms with Gasteiger partial charge in [-0.3, -0.25) is 0 Å². The van der Waals surface area contributed by atoms with Crippen molar-refractivity contribution in [1.82, 2.24) is 0 Å². The molecule has 0 heterocycles. The molecule has 0 atom stereocenters. The van der Waals surface area contributed by atoms with Crippen molar-refractivity contribution in [1.29, 1.82) is 5.26 Å². The zero-order valence-corrected chi connectivity index (χ0v) is 8.57. The summed E-state index contributed by atoms with van der Waals surface area (Å²) in [4.78, 5) is 0. The van der Waals surface area contributed by atoms with E-state index < -0.39 is 0 Å². The van der Waals surface area contributed by atoms with E-state index in [2.05, 4.69) is 24.3 Å². The molecule has 3 aromatic carbocycles. The first-order valence-electron chi connectivity index (χ1n) is 5.12. The Morgan fingerprint density at radius 1 is 0.875 bits per heavy atom. The average Bonchev–Trinajstić information content (AvgIpc) is 2.35. The van der Waals surface area contributed by atoms with E-state index >= 15 is 0 Å². The van der Waals surface area contributed by atoms with Crippen molar-refractivity contribution in [2.75, 3.05) is 0 Å². The van der Waals surface area contributed by atoms with E-state index in [1.54, 1.807) is 0 Å². The Bertz CT molecular complexity index is 720. The summed E-state index contributed by atoms with van der Waals surface area (Å²) in [5, 5.41) is 13.2. The Kier molecular flexibility index (Phi) is 1.88. The summed E-state index contributed by atoms with van der Waals surface area (Å²) in [5.41, 5.74) is 0.691. The molecule has 0 aliphatic heterocycles. The maximum atomic E-state index is 8.85. The summed E-state index contributed by atoms with van der Waals surface area (Å²) in [6.07, 6.45) is 0. The number of nitrogens with zero attached hydrogens (tertiary/aromatic N) is 1. The highest BCUT2D eigenvalue weighted by atomic mass is 14.2. The second kappa shape index (κ2) is 3.36. The average molecular weight is 202 g/mol. The Balaban J connectivity index is 2.43. The molecule has 0 aliphatic carbocycles. The van der Waals surface area contributed by atoms with E-state index in [-0.39, 0.29) is 0 Å². The van der Waals surface area contributed by atoms with Crippen LogP contribution in [0.15, 0.2) is 48.5 Å². The van der Waals surface area contributed by atoms with Crippen LogP contribution in [0.2, 0.25) is 0 Å². The van der Waals surface area contributed by atoms with E-state index in [0.717, 1.165) is 21.5 Å². The first-order chi connectivity index (χ1) is 7.86. The molecule has 0 aliphatic rings. The van der Waals surface area contributed by atoms with Gasteiger partial charge in [-0.15, -0.1) is 0 Å². The van der Waals surface area contributed by atoms with Gasteiger partial charge in [0.15, 0.2) is 0 Å². The third-order valence-electron chi connectivity index (χ3n) is 2.72. The molecule has 1 heteroatoms. The van der Waals surface area contributed by atoms with Gasteiger partial charge in [0.2, 0.25) is 0 Å². The van der Waals surface area contributed by atoms with Crippen LogP contribution in [-0.2, 0) is 0 Å². The van der Waals surface area contributed by atoms with Crippen LogP contribution in [0, 0.1) is 17.4 Å². The van der Waals surface area contributed by atoms with Crippen molar-refractivity contribution in [3.63, 3.8) is 0 Å². The molecule has 0 aromatic heterocycles. The van der Waals surface area contributed by atoms with Gasteiger partial charge in [0, 0.05) is 0 Å². The second-order valence-corrected chi connectivity index (χ2v) is 3.77. The van der Waals surface area contributed by atoms with E-state index in [9.17, 15) is 0 Å². The zero-order valence-electron chi connectivity index (χ0n) is 8.57. The number of benzene rings is 3. The first kappa shape index (κ1) is 8.94. The maximum absolute atomic E-state index is 8.85. The molecule has 0 unspecified atom stereocenters. The van der Waals surface area contributed by atoms with Crippen LogP contribution < -0.4 is 0 Å². The van der Waals surface area contributed by atoms with Gasteiger partial charge in [-0.05, 0) is 45.8 Å². The Labute approximate surface area is 93.6 Å². The maximum Gasteiger partial charge on any atom is 0.0991 e. The lowest BCUT2D eigenvalue weighted by molar-refractivity contribution is 1.50. The number of nitriles is 1. The van der Waals surface area contributed by atoms with Crippen molar-refractivity contribution >= 4 is 21.5 Å². The Morgan fingerprint density at radius 2 is 1.69 bits per heavy atom. The fraction of sp³-hybridized carbons (Fsp3) is 0. The van der Waals surface area contributed by atoms with Crippen molar-refractivity contribution in [2.24, 2.45) is 0 Å². The molecule has 0 bridgehead atoms. The van der Waals surface area contributed by atoms with E-state index in [4.69, 9.17) is 5.26 Å². The Hall–Kier alpha value is -2.33. The summed E-state index contributed by atoms with van der Waals surface area (Å²) in [6.45, 7) is 0. The topological polar surface area (TPSA) is 23.8 Å². The molecule has 0 fully saturated rings. The fourth-order valence-electron chi connectivity index (χ4n) is 1.91. The van der Waals surface area contributed by atoms with Gasteiger partial charge in [0.25, 0.3) is 0 Å². The predicted molar refractivity (Wildman–Crippen MR) is 65.0 cm³/mol. The molecule has 3 aromatic rings. The van der Waals surface area contributed by atoms with Gasteiger partial charge in [-0.25, -0.2) is 0 Å². The van der Waals surface area contributed by atoms with E-state index in [0.29, 0.717) is 5.56 Å². The molecule has 3 rings (SSSR count). The third kappa shape index (κ3) is 1.32. The number of hydrogen-bond acceptors (Lipinski definition) is 1. The van der Waals surface area contributed by atoms with Crippen LogP contribution in [0.1, 0.15) is 5.56 Å². The Morgan fingerprint density at radius 3 is 2.56 bits per heavy atom. The molecule has 1 radical (unpaired) electrons. The summed E-state index contributed by atoms with van der Waals surface area (Å²) >= 11 is 0. The highest BCUT2D eigenvalue weighted by Gasteiger charge is 1.99. The van der Waals surface area contributed by atoms with Crippen molar-refractivity contribution in [3.05, 3.63) is 60.2 Å². The molecule has 0 spiro atoms. The largest absolute Gasteiger partial charge is 0.192 e. The van der Waals surface area contributed by atoms with Crippen molar-refractivity contribution in [2.45, 2.75) is 0 Å². The normalized spacial score (nSPS) is 10.4. The molecule has 1 nitrogen and oxygen atoms in total.